The van der Waals surface area contributed by atoms with Gasteiger partial charge in [0.1, 0.15) is 5.75 Å². The van der Waals surface area contributed by atoms with Crippen LogP contribution in [0.1, 0.15) is 75.8 Å². The molecule has 0 unspecified atom stereocenters. The second-order valence-electron chi connectivity index (χ2n) is 8.36. The van der Waals surface area contributed by atoms with E-state index in [9.17, 15) is 5.11 Å². The zero-order chi connectivity index (χ0) is 16.0. The normalized spacial score (nSPS) is 35.2. The summed E-state index contributed by atoms with van der Waals surface area (Å²) in [6.45, 7) is 4.91. The highest BCUT2D eigenvalue weighted by atomic mass is 16.3. The number of hydrogen-bond donors (Lipinski definition) is 1. The summed E-state index contributed by atoms with van der Waals surface area (Å²) in [7, 11) is 0. The Morgan fingerprint density at radius 2 is 2.09 bits per heavy atom. The molecule has 1 aromatic rings. The molecule has 0 bridgehead atoms. The van der Waals surface area contributed by atoms with E-state index < -0.39 is 0 Å². The van der Waals surface area contributed by atoms with Gasteiger partial charge in [-0.05, 0) is 79.0 Å². The average Bonchev–Trinajstić information content (AvgIpc) is 2.89. The summed E-state index contributed by atoms with van der Waals surface area (Å²) >= 11 is 0. The maximum absolute atomic E-state index is 9.77. The summed E-state index contributed by atoms with van der Waals surface area (Å²) in [5, 5.41) is 9.77. The van der Waals surface area contributed by atoms with E-state index in [4.69, 9.17) is 0 Å². The molecule has 3 aliphatic carbocycles. The number of unbranched alkanes of at least 4 members (excludes halogenated alkanes) is 1. The molecule has 1 aromatic carbocycles. The van der Waals surface area contributed by atoms with Crippen LogP contribution in [0.2, 0.25) is 0 Å². The Hall–Kier alpha value is -1.24. The Morgan fingerprint density at radius 1 is 1.22 bits per heavy atom. The van der Waals surface area contributed by atoms with Crippen molar-refractivity contribution in [3.63, 3.8) is 0 Å². The molecule has 3 aliphatic rings. The molecule has 2 saturated carbocycles. The molecule has 124 valence electrons. The number of rotatable bonds is 3. The molecule has 0 aliphatic heterocycles. The molecular formula is C22H30O. The first-order valence-electron chi connectivity index (χ1n) is 9.65. The molecule has 0 heterocycles. The molecule has 4 atom stereocenters. The maximum Gasteiger partial charge on any atom is 0.115 e. The van der Waals surface area contributed by atoms with E-state index in [1.165, 1.54) is 56.1 Å². The molecule has 1 heteroatoms. The average molecular weight is 310 g/mol. The molecule has 0 spiro atoms. The van der Waals surface area contributed by atoms with E-state index >= 15 is 0 Å². The van der Waals surface area contributed by atoms with Gasteiger partial charge in [-0.2, -0.15) is 0 Å². The number of aromatic hydroxyl groups is 1. The van der Waals surface area contributed by atoms with Crippen molar-refractivity contribution in [2.75, 3.05) is 0 Å². The Bertz CT molecular complexity index is 629. The van der Waals surface area contributed by atoms with Crippen LogP contribution in [0.3, 0.4) is 0 Å². The zero-order valence-electron chi connectivity index (χ0n) is 14.6. The molecule has 23 heavy (non-hydrogen) atoms. The lowest BCUT2D eigenvalue weighted by Gasteiger charge is -2.47. The van der Waals surface area contributed by atoms with Crippen LogP contribution in [0.5, 0.6) is 5.75 Å². The molecule has 2 fully saturated rings. The van der Waals surface area contributed by atoms with Crippen molar-refractivity contribution in [3.05, 3.63) is 41.0 Å². The number of phenols is 1. The summed E-state index contributed by atoms with van der Waals surface area (Å²) in [5.74, 6) is 2.80. The van der Waals surface area contributed by atoms with E-state index in [1.807, 2.05) is 12.1 Å². The van der Waals surface area contributed by atoms with Crippen molar-refractivity contribution in [1.29, 1.82) is 0 Å². The van der Waals surface area contributed by atoms with Crippen LogP contribution in [-0.4, -0.2) is 5.11 Å². The largest absolute Gasteiger partial charge is 0.508 e. The summed E-state index contributed by atoms with van der Waals surface area (Å²) in [5.41, 5.74) is 5.14. The zero-order valence-corrected chi connectivity index (χ0v) is 14.6. The van der Waals surface area contributed by atoms with E-state index in [1.54, 1.807) is 5.57 Å². The van der Waals surface area contributed by atoms with Gasteiger partial charge in [0.05, 0.1) is 0 Å². The lowest BCUT2D eigenvalue weighted by atomic mass is 9.57. The van der Waals surface area contributed by atoms with Gasteiger partial charge >= 0.3 is 0 Å². The van der Waals surface area contributed by atoms with Gasteiger partial charge in [0.15, 0.2) is 0 Å². The predicted octanol–water partition coefficient (Wildman–Crippen LogP) is 5.97. The topological polar surface area (TPSA) is 20.2 Å². The second kappa shape index (κ2) is 5.69. The number of fused-ring (bicyclic) bond motifs is 5. The van der Waals surface area contributed by atoms with Crippen molar-refractivity contribution in [3.8, 4) is 5.75 Å². The van der Waals surface area contributed by atoms with Gasteiger partial charge in [-0.15, -0.1) is 0 Å². The minimum absolute atomic E-state index is 0.418. The van der Waals surface area contributed by atoms with Crippen molar-refractivity contribution < 1.29 is 5.11 Å². The third-order valence-electron chi connectivity index (χ3n) is 7.27. The first-order valence-corrected chi connectivity index (χ1v) is 9.65. The Morgan fingerprint density at radius 3 is 2.91 bits per heavy atom. The highest BCUT2D eigenvalue weighted by Crippen LogP contribution is 2.62. The minimum atomic E-state index is 0.418. The molecule has 0 saturated heterocycles. The highest BCUT2D eigenvalue weighted by Gasteiger charge is 2.51. The SMILES string of the molecule is CCCC[C@H]1CC[C@H]2C3=CCc4cc(O)ccc4[C@H]3CC[C@]12C. The van der Waals surface area contributed by atoms with Crippen LogP contribution in [0.4, 0.5) is 0 Å². The minimum Gasteiger partial charge on any atom is -0.508 e. The van der Waals surface area contributed by atoms with Crippen LogP contribution >= 0.6 is 0 Å². The summed E-state index contributed by atoms with van der Waals surface area (Å²) in [6.07, 6.45) is 13.2. The first-order chi connectivity index (χ1) is 11.1. The summed E-state index contributed by atoms with van der Waals surface area (Å²) < 4.78 is 0. The molecule has 0 aromatic heterocycles. The quantitative estimate of drug-likeness (QED) is 0.681. The third-order valence-corrected chi connectivity index (χ3v) is 7.27. The summed E-state index contributed by atoms with van der Waals surface area (Å²) in [4.78, 5) is 0. The highest BCUT2D eigenvalue weighted by molar-refractivity contribution is 5.47. The lowest BCUT2D eigenvalue weighted by Crippen LogP contribution is -2.37. The van der Waals surface area contributed by atoms with Gasteiger partial charge in [-0.3, -0.25) is 0 Å². The molecule has 1 N–H and O–H groups in total. The van der Waals surface area contributed by atoms with Gasteiger partial charge in [0, 0.05) is 5.92 Å². The predicted molar refractivity (Wildman–Crippen MR) is 95.7 cm³/mol. The van der Waals surface area contributed by atoms with Gasteiger partial charge in [-0.25, -0.2) is 0 Å². The maximum atomic E-state index is 9.77. The van der Waals surface area contributed by atoms with Crippen LogP contribution in [0, 0.1) is 17.3 Å². The van der Waals surface area contributed by atoms with E-state index in [0.29, 0.717) is 17.1 Å². The van der Waals surface area contributed by atoms with Crippen LogP contribution < -0.4 is 0 Å². The smallest absolute Gasteiger partial charge is 0.115 e. The Balaban J connectivity index is 1.63. The first kappa shape index (κ1) is 15.3. The summed E-state index contributed by atoms with van der Waals surface area (Å²) in [6, 6.07) is 6.05. The molecular weight excluding hydrogens is 280 g/mol. The van der Waals surface area contributed by atoms with Crippen molar-refractivity contribution in [2.45, 2.75) is 71.1 Å². The second-order valence-corrected chi connectivity index (χ2v) is 8.36. The Kier molecular flexibility index (Phi) is 3.78. The fourth-order valence-corrected chi connectivity index (χ4v) is 5.98. The standard InChI is InChI=1S/C22H30O/c1-3-4-5-16-7-11-21-20-9-6-15-14-17(23)8-10-18(15)19(20)12-13-22(16,21)2/h8-10,14,16,19,21,23H,3-7,11-13H2,1-2H3/t16-,19+,21-,22+/m0/s1. The fraction of sp³-hybridized carbons (Fsp3) is 0.636. The molecule has 0 amide bonds. The number of phenolic OH excluding ortho intramolecular Hbond substituents is 1. The van der Waals surface area contributed by atoms with Crippen molar-refractivity contribution in [1.82, 2.24) is 0 Å². The number of hydrogen-bond acceptors (Lipinski definition) is 1. The van der Waals surface area contributed by atoms with Crippen LogP contribution in [0.25, 0.3) is 0 Å². The van der Waals surface area contributed by atoms with Gasteiger partial charge in [-0.1, -0.05) is 44.4 Å². The van der Waals surface area contributed by atoms with E-state index in [2.05, 4.69) is 26.0 Å². The van der Waals surface area contributed by atoms with Gasteiger partial charge in [0.25, 0.3) is 0 Å². The molecule has 0 radical (unpaired) electrons. The van der Waals surface area contributed by atoms with Crippen molar-refractivity contribution in [2.24, 2.45) is 17.3 Å². The molecule has 1 nitrogen and oxygen atoms in total. The molecule has 4 rings (SSSR count). The lowest BCUT2D eigenvalue weighted by molar-refractivity contribution is 0.119. The van der Waals surface area contributed by atoms with Gasteiger partial charge in [0.2, 0.25) is 0 Å². The van der Waals surface area contributed by atoms with Crippen molar-refractivity contribution >= 4 is 0 Å². The van der Waals surface area contributed by atoms with Gasteiger partial charge < -0.3 is 5.11 Å². The Labute approximate surface area is 140 Å². The monoisotopic (exact) mass is 310 g/mol. The fourth-order valence-electron chi connectivity index (χ4n) is 5.98. The third kappa shape index (κ3) is 2.35. The van der Waals surface area contributed by atoms with E-state index in [-0.39, 0.29) is 0 Å². The number of benzene rings is 1. The van der Waals surface area contributed by atoms with Crippen LogP contribution in [0.15, 0.2) is 29.8 Å². The van der Waals surface area contributed by atoms with Crippen LogP contribution in [-0.2, 0) is 6.42 Å². The number of allylic oxidation sites excluding steroid dienone is 2. The van der Waals surface area contributed by atoms with E-state index in [0.717, 1.165) is 18.3 Å².